The molecule has 0 aliphatic carbocycles. The van der Waals surface area contributed by atoms with E-state index in [1.54, 1.807) is 31.2 Å². The number of carbonyl (C=O) groups excluding carboxylic acids is 2. The van der Waals surface area contributed by atoms with Crippen LogP contribution < -0.4 is 0 Å². The Kier molecular flexibility index (Phi) is 4.02. The van der Waals surface area contributed by atoms with Gasteiger partial charge in [0.2, 0.25) is 0 Å². The maximum absolute atomic E-state index is 12.8. The lowest BCUT2D eigenvalue weighted by Crippen LogP contribution is -2.32. The van der Waals surface area contributed by atoms with E-state index in [-0.39, 0.29) is 17.0 Å². The van der Waals surface area contributed by atoms with Gasteiger partial charge >= 0.3 is 6.18 Å². The van der Waals surface area contributed by atoms with E-state index in [1.807, 2.05) is 0 Å². The number of imide groups is 1. The summed E-state index contributed by atoms with van der Waals surface area (Å²) in [5.41, 5.74) is -0.160. The molecule has 0 saturated heterocycles. The standard InChI is InChI=1S/C19H12F3N3O3/c1-10(25-17(26)12-4-2-3-5-13(12)18(25)27)15-9-14(24-28-15)11-6-7-23-16(8-11)19(20,21)22/h2-10H,1H3. The third kappa shape index (κ3) is 2.84. The molecular formula is C19H12F3N3O3. The van der Waals surface area contributed by atoms with Gasteiger partial charge in [-0.3, -0.25) is 19.5 Å². The van der Waals surface area contributed by atoms with Crippen molar-refractivity contribution in [2.45, 2.75) is 19.1 Å². The van der Waals surface area contributed by atoms with Crippen molar-refractivity contribution in [1.82, 2.24) is 15.0 Å². The van der Waals surface area contributed by atoms with E-state index in [9.17, 15) is 22.8 Å². The zero-order chi connectivity index (χ0) is 20.1. The highest BCUT2D eigenvalue weighted by Crippen LogP contribution is 2.34. The summed E-state index contributed by atoms with van der Waals surface area (Å²) in [4.78, 5) is 29.5. The lowest BCUT2D eigenvalue weighted by Gasteiger charge is -2.19. The zero-order valence-electron chi connectivity index (χ0n) is 14.4. The van der Waals surface area contributed by atoms with E-state index in [0.29, 0.717) is 11.1 Å². The zero-order valence-corrected chi connectivity index (χ0v) is 14.4. The third-order valence-electron chi connectivity index (χ3n) is 4.50. The highest BCUT2D eigenvalue weighted by Gasteiger charge is 2.40. The number of rotatable bonds is 3. The quantitative estimate of drug-likeness (QED) is 0.632. The molecule has 1 aromatic carbocycles. The van der Waals surface area contributed by atoms with Crippen LogP contribution in [-0.4, -0.2) is 26.9 Å². The van der Waals surface area contributed by atoms with Gasteiger partial charge in [0.15, 0.2) is 5.76 Å². The van der Waals surface area contributed by atoms with Crippen molar-refractivity contribution in [2.75, 3.05) is 0 Å². The summed E-state index contributed by atoms with van der Waals surface area (Å²) in [6, 6.07) is 9.28. The fourth-order valence-corrected chi connectivity index (χ4v) is 3.05. The molecule has 1 aliphatic rings. The van der Waals surface area contributed by atoms with Gasteiger partial charge in [-0.1, -0.05) is 17.3 Å². The van der Waals surface area contributed by atoms with Crippen LogP contribution in [0.2, 0.25) is 0 Å². The maximum atomic E-state index is 12.8. The average Bonchev–Trinajstić information content (AvgIpc) is 3.26. The molecule has 1 atom stereocenters. The predicted octanol–water partition coefficient (Wildman–Crippen LogP) is 4.11. The van der Waals surface area contributed by atoms with Crippen molar-refractivity contribution >= 4 is 11.8 Å². The number of fused-ring (bicyclic) bond motifs is 1. The normalized spacial score (nSPS) is 15.1. The SMILES string of the molecule is CC(c1cc(-c2ccnc(C(F)(F)F)c2)no1)N1C(=O)c2ccccc2C1=O. The monoisotopic (exact) mass is 387 g/mol. The lowest BCUT2D eigenvalue weighted by molar-refractivity contribution is -0.141. The van der Waals surface area contributed by atoms with Crippen molar-refractivity contribution in [1.29, 1.82) is 0 Å². The molecule has 6 nitrogen and oxygen atoms in total. The molecule has 4 rings (SSSR count). The molecule has 3 aromatic rings. The topological polar surface area (TPSA) is 76.3 Å². The molecule has 0 fully saturated rings. The Morgan fingerprint density at radius 3 is 2.29 bits per heavy atom. The van der Waals surface area contributed by atoms with Gasteiger partial charge < -0.3 is 4.52 Å². The maximum Gasteiger partial charge on any atom is 0.433 e. The minimum Gasteiger partial charge on any atom is -0.359 e. The molecule has 0 bridgehead atoms. The minimum atomic E-state index is -4.59. The van der Waals surface area contributed by atoms with E-state index in [4.69, 9.17) is 4.52 Å². The van der Waals surface area contributed by atoms with Gasteiger partial charge in [0.05, 0.1) is 17.2 Å². The predicted molar refractivity (Wildman–Crippen MR) is 90.1 cm³/mol. The molecule has 142 valence electrons. The molecule has 0 saturated carbocycles. The first-order valence-electron chi connectivity index (χ1n) is 8.24. The van der Waals surface area contributed by atoms with Crippen LogP contribution in [0.1, 0.15) is 45.1 Å². The smallest absolute Gasteiger partial charge is 0.359 e. The molecular weight excluding hydrogens is 375 g/mol. The minimum absolute atomic E-state index is 0.145. The summed E-state index contributed by atoms with van der Waals surface area (Å²) in [5, 5.41) is 3.78. The van der Waals surface area contributed by atoms with Gasteiger partial charge in [-0.15, -0.1) is 0 Å². The van der Waals surface area contributed by atoms with Crippen molar-refractivity contribution in [2.24, 2.45) is 0 Å². The van der Waals surface area contributed by atoms with Gasteiger partial charge in [0.1, 0.15) is 11.4 Å². The van der Waals surface area contributed by atoms with Crippen LogP contribution in [0, 0.1) is 0 Å². The van der Waals surface area contributed by atoms with Crippen LogP contribution in [0.15, 0.2) is 53.2 Å². The second-order valence-electron chi connectivity index (χ2n) is 6.24. The van der Waals surface area contributed by atoms with E-state index in [0.717, 1.165) is 17.2 Å². The average molecular weight is 387 g/mol. The highest BCUT2D eigenvalue weighted by molar-refractivity contribution is 6.21. The highest BCUT2D eigenvalue weighted by atomic mass is 19.4. The molecule has 28 heavy (non-hydrogen) atoms. The second-order valence-corrected chi connectivity index (χ2v) is 6.24. The van der Waals surface area contributed by atoms with Gasteiger partial charge in [-0.2, -0.15) is 13.2 Å². The number of nitrogens with zero attached hydrogens (tertiary/aromatic N) is 3. The lowest BCUT2D eigenvalue weighted by atomic mass is 10.1. The summed E-state index contributed by atoms with van der Waals surface area (Å²) < 4.78 is 43.8. The molecule has 0 radical (unpaired) electrons. The number of hydrogen-bond donors (Lipinski definition) is 0. The van der Waals surface area contributed by atoms with E-state index >= 15 is 0 Å². The largest absolute Gasteiger partial charge is 0.433 e. The Bertz CT molecular complexity index is 1060. The summed E-state index contributed by atoms with van der Waals surface area (Å²) in [6.07, 6.45) is -3.56. The first kappa shape index (κ1) is 17.9. The third-order valence-corrected chi connectivity index (χ3v) is 4.50. The Balaban J connectivity index is 1.64. The summed E-state index contributed by atoms with van der Waals surface area (Å²) in [7, 11) is 0. The summed E-state index contributed by atoms with van der Waals surface area (Å²) in [5.74, 6) is -0.751. The number of pyridine rings is 1. The van der Waals surface area contributed by atoms with E-state index in [1.165, 1.54) is 12.1 Å². The van der Waals surface area contributed by atoms with Gasteiger partial charge in [-0.25, -0.2) is 0 Å². The number of hydrogen-bond acceptors (Lipinski definition) is 5. The number of halogens is 3. The van der Waals surface area contributed by atoms with Crippen LogP contribution in [-0.2, 0) is 6.18 Å². The number of alkyl halides is 3. The Hall–Kier alpha value is -3.49. The number of aromatic nitrogens is 2. The molecule has 0 N–H and O–H groups in total. The Labute approximate surface area is 156 Å². The fourth-order valence-electron chi connectivity index (χ4n) is 3.05. The molecule has 3 heterocycles. The van der Waals surface area contributed by atoms with Crippen LogP contribution in [0.4, 0.5) is 13.2 Å². The first-order valence-corrected chi connectivity index (χ1v) is 8.24. The van der Waals surface area contributed by atoms with Crippen molar-refractivity contribution in [3.63, 3.8) is 0 Å². The molecule has 0 spiro atoms. The second kappa shape index (κ2) is 6.29. The first-order chi connectivity index (χ1) is 13.3. The Morgan fingerprint density at radius 1 is 1.04 bits per heavy atom. The van der Waals surface area contributed by atoms with Gasteiger partial charge in [0, 0.05) is 17.8 Å². The molecule has 2 amide bonds. The van der Waals surface area contributed by atoms with Crippen LogP contribution in [0.3, 0.4) is 0 Å². The molecule has 1 aliphatic heterocycles. The number of carbonyl (C=O) groups is 2. The van der Waals surface area contributed by atoms with Crippen molar-refractivity contribution < 1.29 is 27.3 Å². The van der Waals surface area contributed by atoms with E-state index in [2.05, 4.69) is 10.1 Å². The van der Waals surface area contributed by atoms with E-state index < -0.39 is 29.7 Å². The number of benzene rings is 1. The number of amides is 2. The van der Waals surface area contributed by atoms with Gasteiger partial charge in [-0.05, 0) is 31.2 Å². The summed E-state index contributed by atoms with van der Waals surface area (Å²) >= 11 is 0. The van der Waals surface area contributed by atoms with Crippen LogP contribution >= 0.6 is 0 Å². The molecule has 2 aromatic heterocycles. The molecule has 1 unspecified atom stereocenters. The fraction of sp³-hybridized carbons (Fsp3) is 0.158. The van der Waals surface area contributed by atoms with Gasteiger partial charge in [0.25, 0.3) is 11.8 Å². The van der Waals surface area contributed by atoms with Crippen molar-refractivity contribution in [3.8, 4) is 11.3 Å². The summed E-state index contributed by atoms with van der Waals surface area (Å²) in [6.45, 7) is 1.58. The Morgan fingerprint density at radius 2 is 1.68 bits per heavy atom. The van der Waals surface area contributed by atoms with Crippen LogP contribution in [0.25, 0.3) is 11.3 Å². The van der Waals surface area contributed by atoms with Crippen LogP contribution in [0.5, 0.6) is 0 Å². The van der Waals surface area contributed by atoms with Crippen molar-refractivity contribution in [3.05, 3.63) is 71.2 Å². The molecule has 9 heteroatoms.